The lowest BCUT2D eigenvalue weighted by Crippen LogP contribution is -2.17. The Balaban J connectivity index is -0.000000231. The number of phenols is 1. The molecule has 5 N–H and O–H groups in total. The molecule has 0 fully saturated rings. The molecule has 0 amide bonds. The van der Waals surface area contributed by atoms with Crippen molar-refractivity contribution < 1.29 is 15.3 Å². The molecule has 1 rings (SSSR count). The van der Waals surface area contributed by atoms with Gasteiger partial charge in [-0.15, -0.1) is 0 Å². The predicted octanol–water partition coefficient (Wildman–Crippen LogP) is 3.54. The molecule has 0 saturated heterocycles. The second-order valence-corrected chi connectivity index (χ2v) is 5.87. The predicted molar refractivity (Wildman–Crippen MR) is 102 cm³/mol. The summed E-state index contributed by atoms with van der Waals surface area (Å²) in [6.07, 6.45) is 0. The van der Waals surface area contributed by atoms with Crippen molar-refractivity contribution in [3.8, 4) is 5.75 Å². The summed E-state index contributed by atoms with van der Waals surface area (Å²) in [5, 5.41) is 24.0. The number of hydrogen-bond donors (Lipinski definition) is 4. The molecule has 0 aliphatic rings. The minimum absolute atomic E-state index is 0.0741. The van der Waals surface area contributed by atoms with Crippen molar-refractivity contribution in [3.05, 3.63) is 29.8 Å². The van der Waals surface area contributed by atoms with Gasteiger partial charge in [0.1, 0.15) is 5.75 Å². The first kappa shape index (κ1) is 25.4. The Morgan fingerprint density at radius 3 is 1.41 bits per heavy atom. The first-order valence-corrected chi connectivity index (χ1v) is 7.36. The van der Waals surface area contributed by atoms with Gasteiger partial charge in [-0.2, -0.15) is 0 Å². The highest BCUT2D eigenvalue weighted by Crippen LogP contribution is 2.07. The Bertz CT molecular complexity index is 380. The topological polar surface area (TPSA) is 90.0 Å². The molecule has 0 saturated carbocycles. The van der Waals surface area contributed by atoms with Gasteiger partial charge >= 0.3 is 0 Å². The number of hydrogen-bond acceptors (Lipinski definition) is 3. The van der Waals surface area contributed by atoms with Crippen LogP contribution in [0.15, 0.2) is 24.3 Å². The summed E-state index contributed by atoms with van der Waals surface area (Å²) >= 11 is 8.17. The zero-order valence-corrected chi connectivity index (χ0v) is 15.7. The Morgan fingerprint density at radius 2 is 1.27 bits per heavy atom. The van der Waals surface area contributed by atoms with Crippen molar-refractivity contribution in [2.24, 2.45) is 11.7 Å². The van der Waals surface area contributed by atoms with Gasteiger partial charge in [-0.25, -0.2) is 0 Å². The van der Waals surface area contributed by atoms with Crippen molar-refractivity contribution in [2.75, 3.05) is 14.1 Å². The van der Waals surface area contributed by atoms with Crippen LogP contribution in [0.25, 0.3) is 0 Å². The molecule has 0 radical (unpaired) electrons. The zero-order valence-electron chi connectivity index (χ0n) is 14.1. The summed E-state index contributed by atoms with van der Waals surface area (Å²) in [4.78, 5) is 1.45. The van der Waals surface area contributed by atoms with Gasteiger partial charge in [-0.3, -0.25) is 0 Å². The van der Waals surface area contributed by atoms with Crippen LogP contribution < -0.4 is 5.73 Å². The van der Waals surface area contributed by atoms with Gasteiger partial charge in [0.05, 0.1) is 0 Å². The number of benzene rings is 1. The quantitative estimate of drug-likeness (QED) is 0.533. The molecule has 0 spiro atoms. The van der Waals surface area contributed by atoms with Crippen LogP contribution >= 0.6 is 24.4 Å². The van der Waals surface area contributed by atoms with E-state index in [-0.39, 0.29) is 5.17 Å². The van der Waals surface area contributed by atoms with Gasteiger partial charge in [0.2, 0.25) is 0 Å². The molecule has 0 aliphatic heterocycles. The van der Waals surface area contributed by atoms with Gasteiger partial charge in [0.25, 0.3) is 10.3 Å². The molecule has 0 aliphatic carbocycles. The lowest BCUT2D eigenvalue weighted by Gasteiger charge is -2.03. The van der Waals surface area contributed by atoms with Crippen molar-refractivity contribution in [3.63, 3.8) is 0 Å². The summed E-state index contributed by atoms with van der Waals surface area (Å²) in [6.45, 7) is 8.49. The Morgan fingerprint density at radius 1 is 1.05 bits per heavy atom. The highest BCUT2D eigenvalue weighted by atomic mass is 32.1. The van der Waals surface area contributed by atoms with Gasteiger partial charge in [-0.05, 0) is 49.4 Å². The molecule has 0 heterocycles. The van der Waals surface area contributed by atoms with Crippen molar-refractivity contribution in [2.45, 2.75) is 27.7 Å². The van der Waals surface area contributed by atoms with Crippen LogP contribution in [0, 0.1) is 12.8 Å². The molecule has 7 heteroatoms. The molecular formula is C15H28N2O3S2. The Hall–Kier alpha value is -1.60. The maximum atomic E-state index is 8.76. The molecule has 22 heavy (non-hydrogen) atoms. The van der Waals surface area contributed by atoms with Crippen LogP contribution in [0.3, 0.4) is 0 Å². The summed E-state index contributed by atoms with van der Waals surface area (Å²) in [5.41, 5.74) is 5.57. The number of phenolic OH excluding ortho intramolecular Hbond substituents is 1. The average Bonchev–Trinajstić information content (AvgIpc) is 2.32. The van der Waals surface area contributed by atoms with E-state index in [2.05, 4.69) is 50.9 Å². The van der Waals surface area contributed by atoms with Crippen LogP contribution in [0.2, 0.25) is 0 Å². The molecule has 5 nitrogen and oxygen atoms in total. The SMILES string of the molecule is CC(C)C.CN(C)C(O)=S.Cc1ccc(O)cc1.NC(O)=S. The monoisotopic (exact) mass is 348 g/mol. The fraction of sp³-hybridized carbons (Fsp3) is 0.467. The molecule has 0 atom stereocenters. The normalized spacial score (nSPS) is 8.14. The van der Waals surface area contributed by atoms with Crippen LogP contribution in [0.1, 0.15) is 26.3 Å². The van der Waals surface area contributed by atoms with E-state index < -0.39 is 5.17 Å². The summed E-state index contributed by atoms with van der Waals surface area (Å²) < 4.78 is 0. The number of aliphatic hydroxyl groups excluding tert-OH is 2. The third kappa shape index (κ3) is 36.2. The number of nitrogens with two attached hydrogens (primary N) is 1. The van der Waals surface area contributed by atoms with Crippen LogP contribution in [-0.2, 0) is 0 Å². The zero-order chi connectivity index (χ0) is 18.3. The van der Waals surface area contributed by atoms with E-state index in [0.29, 0.717) is 5.75 Å². The minimum Gasteiger partial charge on any atom is -0.508 e. The van der Waals surface area contributed by atoms with E-state index in [0.717, 1.165) is 5.92 Å². The number of aryl methyl sites for hydroxylation is 1. The third-order valence-electron chi connectivity index (χ3n) is 1.42. The van der Waals surface area contributed by atoms with Gasteiger partial charge in [0.15, 0.2) is 0 Å². The second-order valence-electron chi connectivity index (χ2n) is 5.08. The van der Waals surface area contributed by atoms with E-state index in [1.165, 1.54) is 10.5 Å². The molecule has 128 valence electrons. The molecule has 0 aromatic heterocycles. The summed E-state index contributed by atoms with van der Waals surface area (Å²) in [6, 6.07) is 7.09. The fourth-order valence-corrected chi connectivity index (χ4v) is 0.545. The van der Waals surface area contributed by atoms with Crippen molar-refractivity contribution in [1.82, 2.24) is 4.90 Å². The summed E-state index contributed by atoms with van der Waals surface area (Å²) in [5.74, 6) is 1.16. The highest BCUT2D eigenvalue weighted by Gasteiger charge is 1.86. The number of rotatable bonds is 0. The maximum Gasteiger partial charge on any atom is 0.256 e. The lowest BCUT2D eigenvalue weighted by molar-refractivity contribution is 0.442. The number of aromatic hydroxyl groups is 1. The van der Waals surface area contributed by atoms with Crippen LogP contribution in [-0.4, -0.2) is 44.7 Å². The molecular weight excluding hydrogens is 320 g/mol. The van der Waals surface area contributed by atoms with E-state index in [1.54, 1.807) is 26.2 Å². The first-order valence-electron chi connectivity index (χ1n) is 6.54. The number of nitrogens with zero attached hydrogens (tertiary/aromatic N) is 1. The number of aliphatic hydroxyl groups is 2. The standard InChI is InChI=1S/C7H8O.C4H10.C3H7NOS.CH3NOS/c1-6-2-4-7(8)5-3-6;1-4(2)3;1-4(2)3(5)6;2-1(3)4/h2-5,8H,1H3;4H,1-3H3;1-2H3,(H,5,6);(H3,2,3,4). The van der Waals surface area contributed by atoms with E-state index >= 15 is 0 Å². The smallest absolute Gasteiger partial charge is 0.256 e. The largest absolute Gasteiger partial charge is 0.508 e. The maximum absolute atomic E-state index is 8.76. The van der Waals surface area contributed by atoms with Gasteiger partial charge in [0, 0.05) is 14.1 Å². The third-order valence-corrected chi connectivity index (χ3v) is 1.78. The van der Waals surface area contributed by atoms with Crippen LogP contribution in [0.4, 0.5) is 0 Å². The summed E-state index contributed by atoms with van der Waals surface area (Å²) in [7, 11) is 3.37. The molecule has 0 bridgehead atoms. The lowest BCUT2D eigenvalue weighted by atomic mass is 10.2. The fourth-order valence-electron chi connectivity index (χ4n) is 0.545. The minimum atomic E-state index is -0.500. The Labute approximate surface area is 144 Å². The van der Waals surface area contributed by atoms with Gasteiger partial charge < -0.3 is 26.0 Å². The van der Waals surface area contributed by atoms with Crippen molar-refractivity contribution >= 4 is 34.8 Å². The van der Waals surface area contributed by atoms with Crippen LogP contribution in [0.5, 0.6) is 5.75 Å². The van der Waals surface area contributed by atoms with E-state index in [4.69, 9.17) is 15.3 Å². The molecule has 0 unspecified atom stereocenters. The van der Waals surface area contributed by atoms with E-state index in [9.17, 15) is 0 Å². The van der Waals surface area contributed by atoms with Crippen molar-refractivity contribution in [1.29, 1.82) is 0 Å². The molecule has 1 aromatic rings. The first-order chi connectivity index (χ1) is 9.89. The molecule has 1 aromatic carbocycles. The van der Waals surface area contributed by atoms with Gasteiger partial charge in [-0.1, -0.05) is 38.5 Å². The highest BCUT2D eigenvalue weighted by molar-refractivity contribution is 7.80. The average molecular weight is 349 g/mol. The van der Waals surface area contributed by atoms with E-state index in [1.807, 2.05) is 19.1 Å². The number of thiocarbonyl (C=S) groups is 2. The second kappa shape index (κ2) is 15.8. The Kier molecular flexibility index (Phi) is 18.2.